The van der Waals surface area contributed by atoms with E-state index in [0.717, 1.165) is 60.0 Å². The standard InChI is InChI=1S/C49H35N/c1-49(2)46-18-10-9-16-42(46)43-28-27-38(31-47(43)49)50(48-30-36-12-4-6-14-40(36)41-15-7-8-17-44(41)48)37-25-23-32(24-26-37)35-22-21-34-20-19-33-11-3-5-13-39(33)45(34)29-35/h3-31H,1-2H3/i23D,24D,25D,26D. The highest BCUT2D eigenvalue weighted by atomic mass is 15.1. The van der Waals surface area contributed by atoms with E-state index in [0.29, 0.717) is 5.56 Å². The number of anilines is 3. The van der Waals surface area contributed by atoms with Crippen LogP contribution in [-0.4, -0.2) is 0 Å². The highest BCUT2D eigenvalue weighted by Crippen LogP contribution is 2.51. The fourth-order valence-corrected chi connectivity index (χ4v) is 8.16. The number of rotatable bonds is 4. The van der Waals surface area contributed by atoms with E-state index in [9.17, 15) is 5.48 Å². The van der Waals surface area contributed by atoms with Crippen molar-refractivity contribution in [3.05, 3.63) is 187 Å². The average Bonchev–Trinajstić information content (AvgIpc) is 3.44. The van der Waals surface area contributed by atoms with Crippen LogP contribution in [0.15, 0.2) is 176 Å². The maximum atomic E-state index is 9.72. The summed E-state index contributed by atoms with van der Waals surface area (Å²) in [6, 6.07) is 51.6. The predicted octanol–water partition coefficient (Wildman–Crippen LogP) is 13.7. The lowest BCUT2D eigenvalue weighted by molar-refractivity contribution is 0.660. The van der Waals surface area contributed by atoms with Crippen LogP contribution in [0.3, 0.4) is 0 Å². The van der Waals surface area contributed by atoms with Crippen molar-refractivity contribution in [2.45, 2.75) is 19.3 Å². The van der Waals surface area contributed by atoms with Gasteiger partial charge in [0.25, 0.3) is 0 Å². The van der Waals surface area contributed by atoms with Gasteiger partial charge in [-0.2, -0.15) is 0 Å². The second-order valence-corrected chi connectivity index (χ2v) is 13.8. The first kappa shape index (κ1) is 24.9. The maximum absolute atomic E-state index is 9.72. The van der Waals surface area contributed by atoms with Gasteiger partial charge >= 0.3 is 0 Å². The SMILES string of the molecule is [2H]c1c([2H])c(N(c2ccc3c(c2)C(C)(C)c2ccccc2-3)c2cc3ccccc3c3ccccc23)c([2H])c([2H])c1-c1ccc2ccc3ccccc3c2c1. The minimum atomic E-state index is -0.280. The van der Waals surface area contributed by atoms with Crippen molar-refractivity contribution in [3.8, 4) is 22.3 Å². The second-order valence-electron chi connectivity index (χ2n) is 13.8. The lowest BCUT2D eigenvalue weighted by Gasteiger charge is -2.29. The number of nitrogens with zero attached hydrogens (tertiary/aromatic N) is 1. The molecule has 0 saturated heterocycles. The molecule has 0 fully saturated rings. The van der Waals surface area contributed by atoms with E-state index in [1.54, 1.807) is 0 Å². The van der Waals surface area contributed by atoms with Gasteiger partial charge in [0.1, 0.15) is 0 Å². The summed E-state index contributed by atoms with van der Waals surface area (Å²) in [5.41, 5.74) is 7.25. The molecule has 9 aromatic rings. The van der Waals surface area contributed by atoms with Gasteiger partial charge in [0.2, 0.25) is 0 Å². The average molecular weight is 642 g/mol. The van der Waals surface area contributed by atoms with Gasteiger partial charge in [-0.15, -0.1) is 0 Å². The number of hydrogen-bond acceptors (Lipinski definition) is 1. The van der Waals surface area contributed by atoms with Crippen LogP contribution in [0.1, 0.15) is 30.5 Å². The highest BCUT2D eigenvalue weighted by molar-refractivity contribution is 6.15. The van der Waals surface area contributed by atoms with Crippen molar-refractivity contribution < 1.29 is 5.48 Å². The molecule has 9 aromatic carbocycles. The molecule has 0 atom stereocenters. The molecule has 0 N–H and O–H groups in total. The van der Waals surface area contributed by atoms with E-state index in [1.165, 1.54) is 16.7 Å². The molecule has 0 bridgehead atoms. The Balaban J connectivity index is 1.25. The molecular formula is C49H35N. The molecule has 0 aliphatic heterocycles. The van der Waals surface area contributed by atoms with Gasteiger partial charge in [-0.3, -0.25) is 0 Å². The Kier molecular flexibility index (Phi) is 5.43. The molecule has 0 aromatic heterocycles. The first-order valence-electron chi connectivity index (χ1n) is 19.2. The van der Waals surface area contributed by atoms with E-state index in [4.69, 9.17) is 0 Å². The van der Waals surface area contributed by atoms with Gasteiger partial charge in [0.15, 0.2) is 0 Å². The van der Waals surface area contributed by atoms with Gasteiger partial charge < -0.3 is 4.90 Å². The van der Waals surface area contributed by atoms with Crippen molar-refractivity contribution in [1.82, 2.24) is 0 Å². The normalized spacial score (nSPS) is 14.3. The third kappa shape index (κ3) is 4.33. The summed E-state index contributed by atoms with van der Waals surface area (Å²) in [5.74, 6) is 0. The topological polar surface area (TPSA) is 3.24 Å². The quantitative estimate of drug-likeness (QED) is 0.173. The third-order valence-electron chi connectivity index (χ3n) is 10.7. The first-order valence-corrected chi connectivity index (χ1v) is 17.2. The van der Waals surface area contributed by atoms with Crippen LogP contribution in [0.2, 0.25) is 0 Å². The van der Waals surface area contributed by atoms with E-state index in [1.807, 2.05) is 59.5 Å². The van der Waals surface area contributed by atoms with Crippen LogP contribution in [0.25, 0.3) is 65.3 Å². The van der Waals surface area contributed by atoms with Gasteiger partial charge in [-0.25, -0.2) is 0 Å². The molecule has 1 aliphatic rings. The van der Waals surface area contributed by atoms with Gasteiger partial charge in [-0.1, -0.05) is 153 Å². The largest absolute Gasteiger partial charge is 0.310 e. The third-order valence-corrected chi connectivity index (χ3v) is 10.7. The zero-order chi connectivity index (χ0) is 36.9. The number of hydrogen-bond donors (Lipinski definition) is 0. The molecule has 50 heavy (non-hydrogen) atoms. The van der Waals surface area contributed by atoms with Crippen molar-refractivity contribution in [2.75, 3.05) is 4.90 Å². The number of fused-ring (bicyclic) bond motifs is 9. The first-order chi connectivity index (χ1) is 26.2. The van der Waals surface area contributed by atoms with Crippen molar-refractivity contribution in [1.29, 1.82) is 0 Å². The molecular weight excluding hydrogens is 603 g/mol. The minimum Gasteiger partial charge on any atom is -0.310 e. The fourth-order valence-electron chi connectivity index (χ4n) is 8.16. The van der Waals surface area contributed by atoms with Crippen LogP contribution < -0.4 is 4.90 Å². The molecule has 1 aliphatic carbocycles. The summed E-state index contributed by atoms with van der Waals surface area (Å²) in [5, 5.41) is 8.41. The monoisotopic (exact) mass is 641 g/mol. The lowest BCUT2D eigenvalue weighted by atomic mass is 9.82. The van der Waals surface area contributed by atoms with E-state index in [-0.39, 0.29) is 40.8 Å². The predicted molar refractivity (Wildman–Crippen MR) is 214 cm³/mol. The second kappa shape index (κ2) is 10.9. The summed E-state index contributed by atoms with van der Waals surface area (Å²) < 4.78 is 38.5. The summed E-state index contributed by atoms with van der Waals surface area (Å²) >= 11 is 0. The van der Waals surface area contributed by atoms with Crippen molar-refractivity contribution in [2.24, 2.45) is 0 Å². The zero-order valence-electron chi connectivity index (χ0n) is 31.9. The molecule has 0 saturated carbocycles. The highest BCUT2D eigenvalue weighted by Gasteiger charge is 2.35. The van der Waals surface area contributed by atoms with Gasteiger partial charge in [0.05, 0.1) is 11.2 Å². The Hall–Kier alpha value is -6.18. The summed E-state index contributed by atoms with van der Waals surface area (Å²) in [6.45, 7) is 4.49. The Labute approximate surface area is 298 Å². The maximum Gasteiger partial charge on any atom is 0.0645 e. The Morgan fingerprint density at radius 3 is 1.82 bits per heavy atom. The van der Waals surface area contributed by atoms with E-state index in [2.05, 4.69) is 111 Å². The number of benzene rings is 9. The molecule has 236 valence electrons. The molecule has 0 heterocycles. The summed E-state index contributed by atoms with van der Waals surface area (Å²) in [6.07, 6.45) is 0. The molecule has 0 radical (unpaired) electrons. The molecule has 0 unspecified atom stereocenters. The van der Waals surface area contributed by atoms with E-state index >= 15 is 0 Å². The van der Waals surface area contributed by atoms with Crippen LogP contribution in [0.5, 0.6) is 0 Å². The summed E-state index contributed by atoms with van der Waals surface area (Å²) in [4.78, 5) is 1.96. The van der Waals surface area contributed by atoms with Gasteiger partial charge in [-0.05, 0) is 107 Å². The molecule has 10 rings (SSSR count). The van der Waals surface area contributed by atoms with Crippen LogP contribution >= 0.6 is 0 Å². The Morgan fingerprint density at radius 1 is 0.420 bits per heavy atom. The fraction of sp³-hybridized carbons (Fsp3) is 0.0612. The molecule has 1 heteroatoms. The minimum absolute atomic E-state index is 0.0745. The molecule has 1 nitrogen and oxygen atoms in total. The molecule has 0 spiro atoms. The van der Waals surface area contributed by atoms with E-state index < -0.39 is 0 Å². The van der Waals surface area contributed by atoms with Crippen LogP contribution in [0, 0.1) is 0 Å². The van der Waals surface area contributed by atoms with Crippen LogP contribution in [0.4, 0.5) is 17.1 Å². The Bertz CT molecular complexity index is 3010. The van der Waals surface area contributed by atoms with Crippen molar-refractivity contribution in [3.63, 3.8) is 0 Å². The Morgan fingerprint density at radius 2 is 1.02 bits per heavy atom. The van der Waals surface area contributed by atoms with Gasteiger partial charge in [0, 0.05) is 22.2 Å². The van der Waals surface area contributed by atoms with Crippen LogP contribution in [-0.2, 0) is 5.41 Å². The zero-order valence-corrected chi connectivity index (χ0v) is 27.9. The van der Waals surface area contributed by atoms with Crippen molar-refractivity contribution >= 4 is 60.2 Å². The summed E-state index contributed by atoms with van der Waals surface area (Å²) in [7, 11) is 0. The smallest absolute Gasteiger partial charge is 0.0645 e. The molecule has 0 amide bonds. The lowest BCUT2D eigenvalue weighted by Crippen LogP contribution is -2.16.